The van der Waals surface area contributed by atoms with Gasteiger partial charge >= 0.3 is 0 Å². The van der Waals surface area contributed by atoms with Crippen LogP contribution in [0.25, 0.3) is 0 Å². The van der Waals surface area contributed by atoms with E-state index in [1.165, 1.54) is 17.2 Å². The minimum Gasteiger partial charge on any atom is -0.360 e. The fourth-order valence-corrected chi connectivity index (χ4v) is 2.23. The second-order valence-corrected chi connectivity index (χ2v) is 4.64. The predicted molar refractivity (Wildman–Crippen MR) is 69.3 cm³/mol. The molecule has 0 aliphatic carbocycles. The van der Waals surface area contributed by atoms with Crippen LogP contribution in [0.5, 0.6) is 0 Å². The maximum atomic E-state index is 4.42. The van der Waals surface area contributed by atoms with Gasteiger partial charge in [-0.2, -0.15) is 9.47 Å². The van der Waals surface area contributed by atoms with E-state index in [9.17, 15) is 0 Å². The van der Waals surface area contributed by atoms with Crippen LogP contribution in [-0.2, 0) is 19.9 Å². The summed E-state index contributed by atoms with van der Waals surface area (Å²) in [5.41, 5.74) is 1.22. The van der Waals surface area contributed by atoms with Gasteiger partial charge in [-0.25, -0.2) is 4.98 Å². The lowest BCUT2D eigenvalue weighted by Crippen LogP contribution is -2.08. The van der Waals surface area contributed by atoms with Gasteiger partial charge in [-0.3, -0.25) is 4.68 Å². The molecule has 2 rings (SSSR count). The molecule has 0 aromatic carbocycles. The van der Waals surface area contributed by atoms with Gasteiger partial charge in [-0.1, -0.05) is 6.92 Å². The van der Waals surface area contributed by atoms with Crippen LogP contribution in [0.4, 0.5) is 5.13 Å². The van der Waals surface area contributed by atoms with Crippen LogP contribution in [0.3, 0.4) is 0 Å². The number of rotatable bonds is 6. The second kappa shape index (κ2) is 5.77. The monoisotopic (exact) mass is 251 g/mol. The molecule has 2 heterocycles. The van der Waals surface area contributed by atoms with Crippen molar-refractivity contribution in [1.82, 2.24) is 19.1 Å². The van der Waals surface area contributed by atoms with Crippen molar-refractivity contribution in [2.24, 2.45) is 7.05 Å². The molecule has 92 valence electrons. The summed E-state index contributed by atoms with van der Waals surface area (Å²) < 4.78 is 6.18. The minimum atomic E-state index is 0.861. The number of nitrogens with zero attached hydrogens (tertiary/aromatic N) is 4. The van der Waals surface area contributed by atoms with E-state index in [0.717, 1.165) is 36.8 Å². The van der Waals surface area contributed by atoms with Crippen molar-refractivity contribution < 1.29 is 0 Å². The van der Waals surface area contributed by atoms with E-state index in [1.807, 2.05) is 24.0 Å². The van der Waals surface area contributed by atoms with Crippen molar-refractivity contribution in [3.05, 3.63) is 23.8 Å². The Kier molecular flexibility index (Phi) is 4.08. The molecule has 5 nitrogen and oxygen atoms in total. The molecule has 0 unspecified atom stereocenters. The summed E-state index contributed by atoms with van der Waals surface area (Å²) in [4.78, 5) is 4.42. The van der Waals surface area contributed by atoms with Crippen molar-refractivity contribution in [1.29, 1.82) is 0 Å². The molecule has 0 fully saturated rings. The highest BCUT2D eigenvalue weighted by atomic mass is 32.1. The summed E-state index contributed by atoms with van der Waals surface area (Å²) in [5, 5.41) is 8.34. The highest BCUT2D eigenvalue weighted by Crippen LogP contribution is 2.12. The van der Waals surface area contributed by atoms with Crippen molar-refractivity contribution in [3.63, 3.8) is 0 Å². The van der Waals surface area contributed by atoms with Crippen LogP contribution in [0.1, 0.15) is 24.9 Å². The SMILES string of the molecule is CCCc1nsc(NCCc2ccnn2C)n1. The van der Waals surface area contributed by atoms with Gasteiger partial charge in [0.25, 0.3) is 0 Å². The summed E-state index contributed by atoms with van der Waals surface area (Å²) in [6, 6.07) is 2.03. The van der Waals surface area contributed by atoms with Gasteiger partial charge in [0.2, 0.25) is 5.13 Å². The number of nitrogens with one attached hydrogen (secondary N) is 1. The van der Waals surface area contributed by atoms with Crippen LogP contribution in [-0.4, -0.2) is 25.7 Å². The van der Waals surface area contributed by atoms with Crippen LogP contribution in [0.2, 0.25) is 0 Å². The maximum absolute atomic E-state index is 4.42. The van der Waals surface area contributed by atoms with Crippen molar-refractivity contribution in [2.75, 3.05) is 11.9 Å². The lowest BCUT2D eigenvalue weighted by Gasteiger charge is -2.02. The standard InChI is InChI=1S/C11H17N5S/c1-3-4-10-14-11(17-15-10)12-7-5-9-6-8-13-16(9)2/h6,8H,3-5,7H2,1-2H3,(H,12,14,15). The smallest absolute Gasteiger partial charge is 0.202 e. The predicted octanol–water partition coefficient (Wildman–Crippen LogP) is 1.88. The summed E-state index contributed by atoms with van der Waals surface area (Å²) >= 11 is 1.44. The van der Waals surface area contributed by atoms with Gasteiger partial charge in [0.1, 0.15) is 5.82 Å². The molecule has 0 atom stereocenters. The Balaban J connectivity index is 1.80. The van der Waals surface area contributed by atoms with E-state index < -0.39 is 0 Å². The number of hydrogen-bond acceptors (Lipinski definition) is 5. The summed E-state index contributed by atoms with van der Waals surface area (Å²) in [6.45, 7) is 3.00. The third kappa shape index (κ3) is 3.26. The normalized spacial score (nSPS) is 10.7. The fourth-order valence-electron chi connectivity index (χ4n) is 1.59. The van der Waals surface area contributed by atoms with Gasteiger partial charge < -0.3 is 5.32 Å². The first kappa shape index (κ1) is 12.0. The third-order valence-corrected chi connectivity index (χ3v) is 3.23. The molecule has 0 spiro atoms. The second-order valence-electron chi connectivity index (χ2n) is 3.89. The largest absolute Gasteiger partial charge is 0.360 e. The molecule has 2 aromatic heterocycles. The minimum absolute atomic E-state index is 0.861. The summed E-state index contributed by atoms with van der Waals surface area (Å²) in [5.74, 6) is 0.945. The van der Waals surface area contributed by atoms with E-state index in [1.54, 1.807) is 0 Å². The Morgan fingerprint density at radius 1 is 1.41 bits per heavy atom. The summed E-state index contributed by atoms with van der Waals surface area (Å²) in [6.07, 6.45) is 4.81. The van der Waals surface area contributed by atoms with Crippen LogP contribution in [0.15, 0.2) is 12.3 Å². The van der Waals surface area contributed by atoms with E-state index in [0.29, 0.717) is 0 Å². The number of aryl methyl sites for hydroxylation is 2. The van der Waals surface area contributed by atoms with Crippen LogP contribution in [0, 0.1) is 0 Å². The average molecular weight is 251 g/mol. The molecule has 0 bridgehead atoms. The van der Waals surface area contributed by atoms with E-state index in [4.69, 9.17) is 0 Å². The highest BCUT2D eigenvalue weighted by Gasteiger charge is 2.03. The van der Waals surface area contributed by atoms with E-state index >= 15 is 0 Å². The first-order chi connectivity index (χ1) is 8.29. The van der Waals surface area contributed by atoms with Gasteiger partial charge in [-0.15, -0.1) is 0 Å². The molecule has 0 saturated heterocycles. The topological polar surface area (TPSA) is 55.6 Å². The van der Waals surface area contributed by atoms with E-state index in [-0.39, 0.29) is 0 Å². The van der Waals surface area contributed by atoms with Gasteiger partial charge in [0, 0.05) is 49.9 Å². The van der Waals surface area contributed by atoms with Crippen LogP contribution >= 0.6 is 11.5 Å². The van der Waals surface area contributed by atoms with Gasteiger partial charge in [0.05, 0.1) is 0 Å². The highest BCUT2D eigenvalue weighted by molar-refractivity contribution is 7.09. The molecule has 0 saturated carbocycles. The van der Waals surface area contributed by atoms with Gasteiger partial charge in [-0.05, 0) is 12.5 Å². The molecule has 0 aliphatic heterocycles. The number of hydrogen-bond donors (Lipinski definition) is 1. The first-order valence-corrected chi connectivity index (χ1v) is 6.60. The summed E-state index contributed by atoms with van der Waals surface area (Å²) in [7, 11) is 1.96. The molecule has 1 N–H and O–H groups in total. The Morgan fingerprint density at radius 3 is 3.00 bits per heavy atom. The molecule has 0 radical (unpaired) electrons. The fraction of sp³-hybridized carbons (Fsp3) is 0.545. The lowest BCUT2D eigenvalue weighted by atomic mass is 10.3. The number of aromatic nitrogens is 4. The quantitative estimate of drug-likeness (QED) is 0.851. The Bertz CT molecular complexity index is 462. The molecule has 0 amide bonds. The van der Waals surface area contributed by atoms with Crippen molar-refractivity contribution in [3.8, 4) is 0 Å². The zero-order valence-electron chi connectivity index (χ0n) is 10.2. The Labute approximate surface area is 105 Å². The molecular weight excluding hydrogens is 234 g/mol. The zero-order valence-corrected chi connectivity index (χ0v) is 11.0. The molecule has 6 heteroatoms. The lowest BCUT2D eigenvalue weighted by molar-refractivity contribution is 0.711. The van der Waals surface area contributed by atoms with Gasteiger partial charge in [0.15, 0.2) is 0 Å². The van der Waals surface area contributed by atoms with Crippen molar-refractivity contribution in [2.45, 2.75) is 26.2 Å². The Morgan fingerprint density at radius 2 is 2.29 bits per heavy atom. The average Bonchev–Trinajstić information content (AvgIpc) is 2.90. The molecular formula is C11H17N5S. The molecule has 17 heavy (non-hydrogen) atoms. The van der Waals surface area contributed by atoms with Crippen LogP contribution < -0.4 is 5.32 Å². The van der Waals surface area contributed by atoms with Crippen molar-refractivity contribution >= 4 is 16.7 Å². The zero-order chi connectivity index (χ0) is 12.1. The molecule has 2 aromatic rings. The number of anilines is 1. The molecule has 0 aliphatic rings. The third-order valence-electron chi connectivity index (χ3n) is 2.52. The maximum Gasteiger partial charge on any atom is 0.202 e. The first-order valence-electron chi connectivity index (χ1n) is 5.83. The van der Waals surface area contributed by atoms with E-state index in [2.05, 4.69) is 26.7 Å². The Hall–Kier alpha value is -1.43.